The largest absolute Gasteiger partial charge is 0.295 e. The average molecular weight is 192 g/mol. The predicted octanol–water partition coefficient (Wildman–Crippen LogP) is 0.733. The van der Waals surface area contributed by atoms with Crippen LogP contribution in [0.2, 0.25) is 0 Å². The van der Waals surface area contributed by atoms with Crippen LogP contribution in [0.3, 0.4) is 0 Å². The smallest absolute Gasteiger partial charge is 0.245 e. The lowest BCUT2D eigenvalue weighted by atomic mass is 9.67. The Morgan fingerprint density at radius 2 is 1.93 bits per heavy atom. The summed E-state index contributed by atoms with van der Waals surface area (Å²) in [5.74, 6) is -1.39. The van der Waals surface area contributed by atoms with Crippen molar-refractivity contribution in [3.05, 3.63) is 0 Å². The van der Waals surface area contributed by atoms with Crippen molar-refractivity contribution in [1.82, 2.24) is 5.32 Å². The van der Waals surface area contributed by atoms with Gasteiger partial charge >= 0.3 is 0 Å². The third kappa shape index (κ3) is 1.05. The minimum Gasteiger partial charge on any atom is -0.295 e. The van der Waals surface area contributed by atoms with E-state index in [1.165, 1.54) is 0 Å². The van der Waals surface area contributed by atoms with E-state index in [4.69, 9.17) is 5.26 Å². The van der Waals surface area contributed by atoms with Gasteiger partial charge in [0.15, 0.2) is 0 Å². The maximum atomic E-state index is 11.6. The quantitative estimate of drug-likeness (QED) is 0.575. The van der Waals surface area contributed by atoms with Crippen molar-refractivity contribution in [2.45, 2.75) is 32.1 Å². The van der Waals surface area contributed by atoms with Crippen molar-refractivity contribution >= 4 is 11.8 Å². The van der Waals surface area contributed by atoms with Crippen LogP contribution in [0.1, 0.15) is 32.1 Å². The number of nitriles is 1. The van der Waals surface area contributed by atoms with Gasteiger partial charge in [0, 0.05) is 0 Å². The van der Waals surface area contributed by atoms with E-state index >= 15 is 0 Å². The summed E-state index contributed by atoms with van der Waals surface area (Å²) in [5.41, 5.74) is -0.690. The van der Waals surface area contributed by atoms with Gasteiger partial charge in [0.05, 0.1) is 11.5 Å². The number of hydrogen-bond acceptors (Lipinski definition) is 3. The fourth-order valence-corrected chi connectivity index (χ4v) is 2.57. The van der Waals surface area contributed by atoms with Gasteiger partial charge in [0.25, 0.3) is 0 Å². The van der Waals surface area contributed by atoms with E-state index in [0.29, 0.717) is 12.8 Å². The highest BCUT2D eigenvalue weighted by molar-refractivity contribution is 6.08. The zero-order chi connectivity index (χ0) is 10.2. The Labute approximate surface area is 82.3 Å². The summed E-state index contributed by atoms with van der Waals surface area (Å²) < 4.78 is 0. The highest BCUT2D eigenvalue weighted by atomic mass is 16.2. The standard InChI is InChI=1S/C10H12N2O2/c11-6-7-8(13)12-9(14)10(7)4-2-1-3-5-10/h7H,1-5H2,(H,12,13,14). The van der Waals surface area contributed by atoms with Crippen molar-refractivity contribution in [3.8, 4) is 6.07 Å². The van der Waals surface area contributed by atoms with E-state index in [0.717, 1.165) is 19.3 Å². The van der Waals surface area contributed by atoms with Gasteiger partial charge in [-0.05, 0) is 12.8 Å². The van der Waals surface area contributed by atoms with Crippen molar-refractivity contribution in [2.24, 2.45) is 11.3 Å². The molecule has 0 radical (unpaired) electrons. The van der Waals surface area contributed by atoms with E-state index in [-0.39, 0.29) is 5.91 Å². The van der Waals surface area contributed by atoms with Gasteiger partial charge in [-0.15, -0.1) is 0 Å². The summed E-state index contributed by atoms with van der Waals surface area (Å²) in [4.78, 5) is 23.0. The molecule has 0 aromatic rings. The molecule has 1 unspecified atom stereocenters. The SMILES string of the molecule is N#CC1C(=O)NC(=O)C12CCCCC2. The van der Waals surface area contributed by atoms with Crippen LogP contribution in [0.15, 0.2) is 0 Å². The van der Waals surface area contributed by atoms with Crippen molar-refractivity contribution in [1.29, 1.82) is 5.26 Å². The molecule has 1 aliphatic heterocycles. The minimum absolute atomic E-state index is 0.228. The summed E-state index contributed by atoms with van der Waals surface area (Å²) in [6.45, 7) is 0. The zero-order valence-electron chi connectivity index (χ0n) is 7.88. The fraction of sp³-hybridized carbons (Fsp3) is 0.700. The molecule has 1 saturated heterocycles. The number of rotatable bonds is 0. The maximum Gasteiger partial charge on any atom is 0.245 e. The Morgan fingerprint density at radius 3 is 2.50 bits per heavy atom. The zero-order valence-corrected chi connectivity index (χ0v) is 7.88. The lowest BCUT2D eigenvalue weighted by Crippen LogP contribution is -2.36. The van der Waals surface area contributed by atoms with E-state index in [1.807, 2.05) is 6.07 Å². The second kappa shape index (κ2) is 3.09. The molecule has 2 amide bonds. The number of nitrogens with one attached hydrogen (secondary N) is 1. The van der Waals surface area contributed by atoms with Gasteiger partial charge < -0.3 is 0 Å². The molecular weight excluding hydrogens is 180 g/mol. The molecule has 0 bridgehead atoms. The van der Waals surface area contributed by atoms with Gasteiger partial charge in [-0.3, -0.25) is 14.9 Å². The van der Waals surface area contributed by atoms with E-state index in [2.05, 4.69) is 5.32 Å². The van der Waals surface area contributed by atoms with E-state index in [9.17, 15) is 9.59 Å². The Morgan fingerprint density at radius 1 is 1.29 bits per heavy atom. The first kappa shape index (κ1) is 9.20. The Balaban J connectivity index is 2.35. The molecule has 1 N–H and O–H groups in total. The van der Waals surface area contributed by atoms with Crippen LogP contribution in [0.25, 0.3) is 0 Å². The molecule has 0 aromatic heterocycles. The van der Waals surface area contributed by atoms with Crippen LogP contribution in [-0.4, -0.2) is 11.8 Å². The van der Waals surface area contributed by atoms with Gasteiger partial charge in [-0.1, -0.05) is 19.3 Å². The topological polar surface area (TPSA) is 70.0 Å². The van der Waals surface area contributed by atoms with Gasteiger partial charge in [-0.2, -0.15) is 5.26 Å². The predicted molar refractivity (Wildman–Crippen MR) is 47.8 cm³/mol. The van der Waals surface area contributed by atoms with E-state index < -0.39 is 17.2 Å². The highest BCUT2D eigenvalue weighted by Crippen LogP contribution is 2.45. The number of hydrogen-bond donors (Lipinski definition) is 1. The Kier molecular flexibility index (Phi) is 2.03. The lowest BCUT2D eigenvalue weighted by Gasteiger charge is -2.31. The van der Waals surface area contributed by atoms with Gasteiger partial charge in [-0.25, -0.2) is 0 Å². The molecule has 1 heterocycles. The molecule has 2 rings (SSSR count). The van der Waals surface area contributed by atoms with Crippen molar-refractivity contribution < 1.29 is 9.59 Å². The first-order valence-corrected chi connectivity index (χ1v) is 4.95. The Hall–Kier alpha value is -1.37. The normalized spacial score (nSPS) is 30.1. The summed E-state index contributed by atoms with van der Waals surface area (Å²) >= 11 is 0. The summed E-state index contributed by atoms with van der Waals surface area (Å²) in [5, 5.41) is 11.2. The number of carbonyl (C=O) groups excluding carboxylic acids is 2. The molecule has 14 heavy (non-hydrogen) atoms. The van der Waals surface area contributed by atoms with Crippen LogP contribution in [0, 0.1) is 22.7 Å². The number of amides is 2. The summed E-state index contributed by atoms with van der Waals surface area (Å²) in [6.07, 6.45) is 4.35. The molecule has 0 aromatic carbocycles. The minimum atomic E-state index is -0.754. The summed E-state index contributed by atoms with van der Waals surface area (Å²) in [6, 6.07) is 1.97. The second-order valence-electron chi connectivity index (χ2n) is 4.10. The van der Waals surface area contributed by atoms with Crippen molar-refractivity contribution in [3.63, 3.8) is 0 Å². The number of nitrogens with zero attached hydrogens (tertiary/aromatic N) is 1. The molecule has 1 atom stereocenters. The number of imide groups is 1. The maximum absolute atomic E-state index is 11.6. The van der Waals surface area contributed by atoms with Crippen LogP contribution in [-0.2, 0) is 9.59 Å². The third-order valence-corrected chi connectivity index (χ3v) is 3.38. The molecule has 1 aliphatic carbocycles. The van der Waals surface area contributed by atoms with Crippen LogP contribution >= 0.6 is 0 Å². The highest BCUT2D eigenvalue weighted by Gasteiger charge is 2.55. The van der Waals surface area contributed by atoms with Crippen LogP contribution < -0.4 is 5.32 Å². The lowest BCUT2D eigenvalue weighted by molar-refractivity contribution is -0.130. The first-order chi connectivity index (χ1) is 6.70. The molecule has 4 heteroatoms. The molecular formula is C10H12N2O2. The molecule has 2 aliphatic rings. The monoisotopic (exact) mass is 192 g/mol. The first-order valence-electron chi connectivity index (χ1n) is 4.95. The van der Waals surface area contributed by atoms with Crippen LogP contribution in [0.5, 0.6) is 0 Å². The Bertz CT molecular complexity index is 324. The summed E-state index contributed by atoms with van der Waals surface area (Å²) in [7, 11) is 0. The fourth-order valence-electron chi connectivity index (χ4n) is 2.57. The second-order valence-corrected chi connectivity index (χ2v) is 4.10. The molecule has 4 nitrogen and oxygen atoms in total. The molecule has 1 saturated carbocycles. The van der Waals surface area contributed by atoms with Crippen LogP contribution in [0.4, 0.5) is 0 Å². The molecule has 74 valence electrons. The molecule has 2 fully saturated rings. The molecule has 1 spiro atoms. The average Bonchev–Trinajstić information content (AvgIpc) is 2.40. The van der Waals surface area contributed by atoms with E-state index in [1.54, 1.807) is 0 Å². The van der Waals surface area contributed by atoms with Gasteiger partial charge in [0.2, 0.25) is 11.8 Å². The number of carbonyl (C=O) groups is 2. The van der Waals surface area contributed by atoms with Crippen molar-refractivity contribution in [2.75, 3.05) is 0 Å². The third-order valence-electron chi connectivity index (χ3n) is 3.38. The van der Waals surface area contributed by atoms with Gasteiger partial charge in [0.1, 0.15) is 5.92 Å².